The molecule has 166 valence electrons. The molecule has 2 atom stereocenters. The van der Waals surface area contributed by atoms with E-state index < -0.39 is 21.6 Å². The molecule has 0 bridgehead atoms. The van der Waals surface area contributed by atoms with Crippen LogP contribution in [0.25, 0.3) is 10.9 Å². The average molecular weight is 456 g/mol. The molecular weight excluding hydrogens is 433 g/mol. The van der Waals surface area contributed by atoms with E-state index in [2.05, 4.69) is 30.9 Å². The van der Waals surface area contributed by atoms with Crippen molar-refractivity contribution >= 4 is 43.7 Å². The van der Waals surface area contributed by atoms with E-state index in [1.807, 2.05) is 13.0 Å². The van der Waals surface area contributed by atoms with E-state index in [0.717, 1.165) is 10.9 Å². The van der Waals surface area contributed by atoms with E-state index >= 15 is 0 Å². The quantitative estimate of drug-likeness (QED) is 0.392. The molecule has 4 rings (SSSR count). The summed E-state index contributed by atoms with van der Waals surface area (Å²) in [5, 5.41) is 3.98. The van der Waals surface area contributed by atoms with Crippen molar-refractivity contribution in [1.29, 1.82) is 0 Å². The molecule has 8 nitrogen and oxygen atoms in total. The first-order valence-electron chi connectivity index (χ1n) is 9.67. The van der Waals surface area contributed by atoms with Gasteiger partial charge in [0.25, 0.3) is 0 Å². The second-order valence-electron chi connectivity index (χ2n) is 7.41. The molecule has 2 unspecified atom stereocenters. The van der Waals surface area contributed by atoms with Crippen LogP contribution in [0, 0.1) is 12.7 Å². The minimum Gasteiger partial charge on any atom is -0.479 e. The summed E-state index contributed by atoms with van der Waals surface area (Å²) in [5.74, 6) is 4.35. The lowest BCUT2D eigenvalue weighted by Gasteiger charge is -2.17. The van der Waals surface area contributed by atoms with Crippen LogP contribution in [0.15, 0.2) is 53.5 Å². The third-order valence-corrected chi connectivity index (χ3v) is 5.24. The zero-order valence-corrected chi connectivity index (χ0v) is 18.6. The number of oxazole rings is 1. The van der Waals surface area contributed by atoms with Gasteiger partial charge in [-0.15, -0.1) is 0 Å². The molecular formula is C22H22FN5O3S. The second-order valence-corrected chi connectivity index (χ2v) is 9.63. The van der Waals surface area contributed by atoms with Gasteiger partial charge < -0.3 is 19.2 Å². The van der Waals surface area contributed by atoms with Crippen LogP contribution < -0.4 is 14.8 Å². The molecule has 0 amide bonds. The lowest BCUT2D eigenvalue weighted by Crippen LogP contribution is -2.09. The van der Waals surface area contributed by atoms with Gasteiger partial charge in [-0.25, -0.2) is 23.6 Å². The molecule has 0 spiro atoms. The monoisotopic (exact) mass is 455 g/mol. The maximum Gasteiger partial charge on any atom is 0.235 e. The van der Waals surface area contributed by atoms with Crippen LogP contribution in [0.4, 0.5) is 21.6 Å². The number of hydrogen-bond donors (Lipinski definition) is 2. The fourth-order valence-corrected chi connectivity index (χ4v) is 3.91. The molecule has 4 aromatic rings. The van der Waals surface area contributed by atoms with E-state index in [4.69, 9.17) is 9.15 Å². The van der Waals surface area contributed by atoms with E-state index in [9.17, 15) is 8.60 Å². The van der Waals surface area contributed by atoms with Gasteiger partial charge in [-0.2, -0.15) is 0 Å². The molecule has 2 N–H and O–H groups in total. The van der Waals surface area contributed by atoms with Crippen molar-refractivity contribution in [3.63, 3.8) is 0 Å². The van der Waals surface area contributed by atoms with E-state index in [1.54, 1.807) is 19.1 Å². The highest BCUT2D eigenvalue weighted by Crippen LogP contribution is 2.34. The van der Waals surface area contributed by atoms with Crippen LogP contribution in [-0.2, 0) is 9.71 Å². The number of ether oxygens (including phenoxy) is 1. The lowest BCUT2D eigenvalue weighted by atomic mass is 10.1. The number of fused-ring (bicyclic) bond motifs is 1. The van der Waals surface area contributed by atoms with Crippen LogP contribution in [0.5, 0.6) is 5.75 Å². The highest BCUT2D eigenvalue weighted by molar-refractivity contribution is 8.00. The summed E-state index contributed by atoms with van der Waals surface area (Å²) >= 11 is 0. The third-order valence-electron chi connectivity index (χ3n) is 4.57. The number of benzene rings is 2. The molecule has 0 aliphatic rings. The highest BCUT2D eigenvalue weighted by atomic mass is 32.2. The largest absolute Gasteiger partial charge is 0.479 e. The van der Waals surface area contributed by atoms with Gasteiger partial charge in [0.1, 0.15) is 30.0 Å². The van der Waals surface area contributed by atoms with E-state index in [1.165, 1.54) is 37.2 Å². The standard InChI is InChI=1S/C22H22FN5O3S/c1-13-9-16(28-32(3,4)29)11-18-20(13)21(26-12-25-18)27-17-6-5-15(23)10-19(17)31-14(2)22-24-7-8-30-22/h5-12,14H,3H2,1-2,4H3,(H,28,29)(H,25,26,27). The van der Waals surface area contributed by atoms with E-state index in [0.29, 0.717) is 28.6 Å². The summed E-state index contributed by atoms with van der Waals surface area (Å²) in [7, 11) is -2.44. The number of nitrogens with one attached hydrogen (secondary N) is 2. The van der Waals surface area contributed by atoms with Crippen molar-refractivity contribution < 1.29 is 17.8 Å². The molecule has 10 heteroatoms. The number of halogens is 1. The van der Waals surface area contributed by atoms with Gasteiger partial charge in [0, 0.05) is 33.1 Å². The number of anilines is 3. The van der Waals surface area contributed by atoms with Crippen molar-refractivity contribution in [2.45, 2.75) is 20.0 Å². The summed E-state index contributed by atoms with van der Waals surface area (Å²) in [6.45, 7) is 3.66. The predicted octanol–water partition coefficient (Wildman–Crippen LogP) is 4.62. The van der Waals surface area contributed by atoms with Gasteiger partial charge in [0.2, 0.25) is 5.89 Å². The summed E-state index contributed by atoms with van der Waals surface area (Å²) < 4.78 is 40.1. The van der Waals surface area contributed by atoms with Crippen LogP contribution in [0.3, 0.4) is 0 Å². The molecule has 2 aromatic carbocycles. The fourth-order valence-electron chi connectivity index (χ4n) is 3.30. The van der Waals surface area contributed by atoms with Crippen LogP contribution in [0.1, 0.15) is 24.5 Å². The number of aromatic nitrogens is 3. The van der Waals surface area contributed by atoms with Crippen molar-refractivity contribution in [1.82, 2.24) is 15.0 Å². The number of nitrogens with zero attached hydrogens (tertiary/aromatic N) is 3. The topological polar surface area (TPSA) is 102 Å². The maximum absolute atomic E-state index is 14.0. The van der Waals surface area contributed by atoms with Crippen molar-refractivity contribution in [2.75, 3.05) is 16.3 Å². The minimum atomic E-state index is -2.44. The molecule has 0 fully saturated rings. The zero-order chi connectivity index (χ0) is 22.9. The van der Waals surface area contributed by atoms with Gasteiger partial charge in [-0.1, -0.05) is 0 Å². The Balaban J connectivity index is 1.70. The Labute approximate surface area is 185 Å². The van der Waals surface area contributed by atoms with Gasteiger partial charge in [-0.3, -0.25) is 0 Å². The molecule has 2 heterocycles. The Bertz CT molecular complexity index is 1370. The summed E-state index contributed by atoms with van der Waals surface area (Å²) in [6.07, 6.45) is 5.38. The number of hydrogen-bond acceptors (Lipinski definition) is 7. The molecule has 0 saturated carbocycles. The first-order chi connectivity index (χ1) is 15.2. The van der Waals surface area contributed by atoms with Crippen LogP contribution in [-0.4, -0.2) is 31.3 Å². The lowest BCUT2D eigenvalue weighted by molar-refractivity contribution is 0.189. The molecule has 0 saturated heterocycles. The highest BCUT2D eigenvalue weighted by Gasteiger charge is 2.17. The zero-order valence-electron chi connectivity index (χ0n) is 17.8. The van der Waals surface area contributed by atoms with E-state index in [-0.39, 0.29) is 5.75 Å². The summed E-state index contributed by atoms with van der Waals surface area (Å²) in [5.41, 5.74) is 2.66. The summed E-state index contributed by atoms with van der Waals surface area (Å²) in [4.78, 5) is 12.8. The van der Waals surface area contributed by atoms with Crippen molar-refractivity contribution in [2.24, 2.45) is 0 Å². The van der Waals surface area contributed by atoms with Gasteiger partial charge in [0.15, 0.2) is 6.10 Å². The molecule has 0 aliphatic carbocycles. The Morgan fingerprint density at radius 1 is 1.22 bits per heavy atom. The van der Waals surface area contributed by atoms with Gasteiger partial charge >= 0.3 is 0 Å². The fraction of sp³-hybridized carbons (Fsp3) is 0.182. The van der Waals surface area contributed by atoms with Crippen molar-refractivity contribution in [3.8, 4) is 5.75 Å². The Morgan fingerprint density at radius 3 is 2.75 bits per heavy atom. The Hall–Kier alpha value is -3.66. The normalized spacial score (nSPS) is 14.0. The molecule has 2 aromatic heterocycles. The first kappa shape index (κ1) is 21.6. The Morgan fingerprint density at radius 2 is 2.03 bits per heavy atom. The van der Waals surface area contributed by atoms with Crippen molar-refractivity contribution in [3.05, 3.63) is 66.4 Å². The van der Waals surface area contributed by atoms with Gasteiger partial charge in [-0.05, 0) is 49.5 Å². The minimum absolute atomic E-state index is 0.279. The average Bonchev–Trinajstić information content (AvgIpc) is 3.23. The third kappa shape index (κ3) is 4.80. The van der Waals surface area contributed by atoms with Crippen LogP contribution >= 0.6 is 0 Å². The van der Waals surface area contributed by atoms with Crippen LogP contribution in [0.2, 0.25) is 0 Å². The van der Waals surface area contributed by atoms with Gasteiger partial charge in [0.05, 0.1) is 17.4 Å². The number of aryl methyl sites for hydroxylation is 1. The molecule has 32 heavy (non-hydrogen) atoms. The SMILES string of the molecule is C=S(C)(=O)Nc1cc(C)c2c(Nc3ccc(F)cc3OC(C)c3ncco3)ncnc2c1. The second kappa shape index (κ2) is 8.46. The molecule has 0 radical (unpaired) electrons. The smallest absolute Gasteiger partial charge is 0.235 e. The Kier molecular flexibility index (Phi) is 5.70. The maximum atomic E-state index is 14.0. The predicted molar refractivity (Wildman–Crippen MR) is 124 cm³/mol. The first-order valence-corrected chi connectivity index (χ1v) is 11.8. The number of rotatable bonds is 7. The summed E-state index contributed by atoms with van der Waals surface area (Å²) in [6, 6.07) is 7.80. The molecule has 0 aliphatic heterocycles.